The molecule has 0 heterocycles. The van der Waals surface area contributed by atoms with Crippen LogP contribution in [-0.4, -0.2) is 6.54 Å². The molecule has 0 aliphatic heterocycles. The lowest BCUT2D eigenvalue weighted by molar-refractivity contribution is 0.220. The summed E-state index contributed by atoms with van der Waals surface area (Å²) in [7, 11) is 0. The van der Waals surface area contributed by atoms with E-state index in [9.17, 15) is 13.2 Å². The van der Waals surface area contributed by atoms with Crippen molar-refractivity contribution in [3.63, 3.8) is 0 Å². The van der Waals surface area contributed by atoms with Crippen LogP contribution in [0.15, 0.2) is 12.1 Å². The van der Waals surface area contributed by atoms with Gasteiger partial charge in [0.05, 0.1) is 0 Å². The molecule has 1 atom stereocenters. The van der Waals surface area contributed by atoms with Gasteiger partial charge in [-0.2, -0.15) is 0 Å². The Morgan fingerprint density at radius 3 is 2.26 bits per heavy atom. The Labute approximate surface area is 112 Å². The Bertz CT molecular complexity index is 453. The van der Waals surface area contributed by atoms with E-state index in [4.69, 9.17) is 0 Å². The van der Waals surface area contributed by atoms with Gasteiger partial charge in [-0.1, -0.05) is 26.7 Å². The van der Waals surface area contributed by atoms with Crippen molar-refractivity contribution in [2.24, 2.45) is 5.41 Å². The maximum Gasteiger partial charge on any atom is 0.161 e. The van der Waals surface area contributed by atoms with E-state index < -0.39 is 17.5 Å². The monoisotopic (exact) mass is 271 g/mol. The zero-order valence-electron chi connectivity index (χ0n) is 11.4. The first-order valence-corrected chi connectivity index (χ1v) is 6.86. The molecule has 0 spiro atoms. The predicted molar refractivity (Wildman–Crippen MR) is 69.3 cm³/mol. The molecule has 106 valence electrons. The van der Waals surface area contributed by atoms with Crippen LogP contribution < -0.4 is 5.32 Å². The average Bonchev–Trinajstić information content (AvgIpc) is 2.79. The molecular weight excluding hydrogens is 251 g/mol. The highest BCUT2D eigenvalue weighted by molar-refractivity contribution is 5.25. The molecule has 4 heteroatoms. The van der Waals surface area contributed by atoms with Gasteiger partial charge in [-0.15, -0.1) is 0 Å². The molecule has 1 N–H and O–H groups in total. The van der Waals surface area contributed by atoms with Crippen molar-refractivity contribution in [3.8, 4) is 0 Å². The van der Waals surface area contributed by atoms with Crippen molar-refractivity contribution in [1.29, 1.82) is 0 Å². The van der Waals surface area contributed by atoms with Crippen LogP contribution in [0.3, 0.4) is 0 Å². The number of benzene rings is 1. The second kappa shape index (κ2) is 5.53. The number of nitrogens with one attached hydrogen (secondary N) is 1. The summed E-state index contributed by atoms with van der Waals surface area (Å²) in [6, 6.07) is 1.38. The fraction of sp³-hybridized carbons (Fsp3) is 0.600. The molecule has 1 aliphatic rings. The summed E-state index contributed by atoms with van der Waals surface area (Å²) in [5.74, 6) is -2.79. The first kappa shape index (κ1) is 14.4. The van der Waals surface area contributed by atoms with E-state index in [1.54, 1.807) is 0 Å². The second-order valence-electron chi connectivity index (χ2n) is 5.64. The standard InChI is InChI=1S/C15H20F3N/c1-3-19-14(15(2)6-4-5-7-15)10-8-12(17)13(18)9-11(10)16/h8-9,14,19H,3-7H2,1-2H3. The quantitative estimate of drug-likeness (QED) is 0.803. The first-order chi connectivity index (χ1) is 8.98. The van der Waals surface area contributed by atoms with Gasteiger partial charge in [-0.05, 0) is 30.9 Å². The van der Waals surface area contributed by atoms with Crippen LogP contribution in [-0.2, 0) is 0 Å². The fourth-order valence-electron chi connectivity index (χ4n) is 3.17. The molecule has 1 aromatic carbocycles. The van der Waals surface area contributed by atoms with Crippen molar-refractivity contribution >= 4 is 0 Å². The van der Waals surface area contributed by atoms with Crippen LogP contribution in [0.25, 0.3) is 0 Å². The van der Waals surface area contributed by atoms with Gasteiger partial charge in [0.1, 0.15) is 5.82 Å². The van der Waals surface area contributed by atoms with Crippen molar-refractivity contribution in [3.05, 3.63) is 35.1 Å². The SMILES string of the molecule is CCNC(c1cc(F)c(F)cc1F)C1(C)CCCC1. The fourth-order valence-corrected chi connectivity index (χ4v) is 3.17. The van der Waals surface area contributed by atoms with Gasteiger partial charge in [0.2, 0.25) is 0 Å². The molecular formula is C15H20F3N. The minimum absolute atomic E-state index is 0.0961. The number of halogens is 3. The van der Waals surface area contributed by atoms with Gasteiger partial charge in [0, 0.05) is 17.7 Å². The maximum atomic E-state index is 14.0. The summed E-state index contributed by atoms with van der Waals surface area (Å²) >= 11 is 0. The first-order valence-electron chi connectivity index (χ1n) is 6.86. The third kappa shape index (κ3) is 2.78. The average molecular weight is 271 g/mol. The summed E-state index contributed by atoms with van der Waals surface area (Å²) in [6.07, 6.45) is 4.15. The third-order valence-electron chi connectivity index (χ3n) is 4.20. The molecule has 0 bridgehead atoms. The topological polar surface area (TPSA) is 12.0 Å². The summed E-state index contributed by atoms with van der Waals surface area (Å²) in [6.45, 7) is 4.69. The molecule has 1 saturated carbocycles. The Kier molecular flexibility index (Phi) is 4.19. The highest BCUT2D eigenvalue weighted by Crippen LogP contribution is 2.47. The van der Waals surface area contributed by atoms with Crippen molar-refractivity contribution in [2.75, 3.05) is 6.54 Å². The Balaban J connectivity index is 2.41. The molecule has 0 radical (unpaired) electrons. The summed E-state index contributed by atoms with van der Waals surface area (Å²) in [5.41, 5.74) is 0.145. The molecule has 1 unspecified atom stereocenters. The zero-order chi connectivity index (χ0) is 14.0. The van der Waals surface area contributed by atoms with E-state index in [1.807, 2.05) is 6.92 Å². The summed E-state index contributed by atoms with van der Waals surface area (Å²) in [5, 5.41) is 3.24. The molecule has 1 nitrogen and oxygen atoms in total. The molecule has 1 aliphatic carbocycles. The van der Waals surface area contributed by atoms with Crippen LogP contribution >= 0.6 is 0 Å². The van der Waals surface area contributed by atoms with E-state index in [0.717, 1.165) is 31.7 Å². The lowest BCUT2D eigenvalue weighted by Crippen LogP contribution is -2.35. The maximum absolute atomic E-state index is 14.0. The molecule has 0 amide bonds. The van der Waals surface area contributed by atoms with Crippen LogP contribution in [0.1, 0.15) is 51.1 Å². The van der Waals surface area contributed by atoms with Gasteiger partial charge in [0.15, 0.2) is 11.6 Å². The van der Waals surface area contributed by atoms with Crippen molar-refractivity contribution < 1.29 is 13.2 Å². The van der Waals surface area contributed by atoms with Gasteiger partial charge < -0.3 is 5.32 Å². The number of rotatable bonds is 4. The van der Waals surface area contributed by atoms with Gasteiger partial charge in [-0.25, -0.2) is 13.2 Å². The van der Waals surface area contributed by atoms with Crippen molar-refractivity contribution in [1.82, 2.24) is 5.32 Å². The van der Waals surface area contributed by atoms with Gasteiger partial charge >= 0.3 is 0 Å². The predicted octanol–water partition coefficient (Wildman–Crippen LogP) is 4.33. The smallest absolute Gasteiger partial charge is 0.161 e. The van der Waals surface area contributed by atoms with Gasteiger partial charge in [-0.3, -0.25) is 0 Å². The Hall–Kier alpha value is -1.03. The van der Waals surface area contributed by atoms with E-state index in [-0.39, 0.29) is 17.0 Å². The lowest BCUT2D eigenvalue weighted by Gasteiger charge is -2.35. The molecule has 19 heavy (non-hydrogen) atoms. The molecule has 2 rings (SSSR count). The van der Waals surface area contributed by atoms with Crippen LogP contribution in [0.4, 0.5) is 13.2 Å². The zero-order valence-corrected chi connectivity index (χ0v) is 11.4. The minimum atomic E-state index is -1.13. The van der Waals surface area contributed by atoms with E-state index in [0.29, 0.717) is 12.6 Å². The lowest BCUT2D eigenvalue weighted by atomic mass is 9.77. The number of hydrogen-bond acceptors (Lipinski definition) is 1. The summed E-state index contributed by atoms with van der Waals surface area (Å²) in [4.78, 5) is 0. The highest BCUT2D eigenvalue weighted by Gasteiger charge is 2.38. The Morgan fingerprint density at radius 2 is 1.68 bits per heavy atom. The molecule has 0 aromatic heterocycles. The van der Waals surface area contributed by atoms with Crippen molar-refractivity contribution in [2.45, 2.75) is 45.6 Å². The van der Waals surface area contributed by atoms with E-state index >= 15 is 0 Å². The highest BCUT2D eigenvalue weighted by atomic mass is 19.2. The third-order valence-corrected chi connectivity index (χ3v) is 4.20. The van der Waals surface area contributed by atoms with Crippen LogP contribution in [0, 0.1) is 22.9 Å². The summed E-state index contributed by atoms with van der Waals surface area (Å²) < 4.78 is 40.4. The number of hydrogen-bond donors (Lipinski definition) is 1. The van der Waals surface area contributed by atoms with Crippen LogP contribution in [0.2, 0.25) is 0 Å². The largest absolute Gasteiger partial charge is 0.310 e. The molecule has 1 fully saturated rings. The van der Waals surface area contributed by atoms with E-state index in [2.05, 4.69) is 12.2 Å². The normalized spacial score (nSPS) is 19.6. The molecule has 1 aromatic rings. The van der Waals surface area contributed by atoms with Crippen LogP contribution in [0.5, 0.6) is 0 Å². The van der Waals surface area contributed by atoms with E-state index in [1.165, 1.54) is 0 Å². The second-order valence-corrected chi connectivity index (χ2v) is 5.64. The Morgan fingerprint density at radius 1 is 1.11 bits per heavy atom. The minimum Gasteiger partial charge on any atom is -0.310 e. The molecule has 0 saturated heterocycles. The van der Waals surface area contributed by atoms with Gasteiger partial charge in [0.25, 0.3) is 0 Å².